The Morgan fingerprint density at radius 3 is 2.54 bits per heavy atom. The number of nitrogens with two attached hydrogens (primary N) is 1. The molecule has 5 heteroatoms. The van der Waals surface area contributed by atoms with E-state index in [0.717, 1.165) is 0 Å². The van der Waals surface area contributed by atoms with Crippen LogP contribution in [0, 0.1) is 0 Å². The van der Waals surface area contributed by atoms with Gasteiger partial charge in [-0.15, -0.1) is 0 Å². The number of ketones is 1. The molecule has 0 radical (unpaired) electrons. The van der Waals surface area contributed by atoms with E-state index in [-0.39, 0.29) is 11.3 Å². The first-order valence-corrected chi connectivity index (χ1v) is 4.14. The van der Waals surface area contributed by atoms with Crippen LogP contribution in [-0.4, -0.2) is 16.9 Å². The second kappa shape index (κ2) is 3.57. The summed E-state index contributed by atoms with van der Waals surface area (Å²) >= 11 is 3.11. The average molecular weight is 244 g/mol. The monoisotopic (exact) mass is 243 g/mol. The molecule has 0 fully saturated rings. The maximum absolute atomic E-state index is 11.0. The fourth-order valence-corrected chi connectivity index (χ4v) is 1.20. The van der Waals surface area contributed by atoms with E-state index in [4.69, 9.17) is 10.8 Å². The van der Waals surface area contributed by atoms with Crippen LogP contribution in [0.3, 0.4) is 0 Å². The van der Waals surface area contributed by atoms with E-state index in [2.05, 4.69) is 15.9 Å². The van der Waals surface area contributed by atoms with Gasteiger partial charge in [0.05, 0.1) is 5.56 Å². The summed E-state index contributed by atoms with van der Waals surface area (Å²) in [6.07, 6.45) is 0. The van der Waals surface area contributed by atoms with Gasteiger partial charge >= 0.3 is 5.97 Å². The Morgan fingerprint density at radius 2 is 2.00 bits per heavy atom. The minimum absolute atomic E-state index is 0.00174. The number of halogens is 1. The molecule has 0 saturated heterocycles. The molecule has 1 rings (SSSR count). The fraction of sp³-hybridized carbons (Fsp3) is 0. The van der Waals surface area contributed by atoms with Crippen molar-refractivity contribution in [1.82, 2.24) is 0 Å². The van der Waals surface area contributed by atoms with Crippen LogP contribution in [0.15, 0.2) is 22.7 Å². The van der Waals surface area contributed by atoms with Gasteiger partial charge in [-0.05, 0) is 18.2 Å². The number of carbonyl (C=O) groups is 2. The first-order valence-electron chi connectivity index (χ1n) is 3.35. The van der Waals surface area contributed by atoms with Crippen molar-refractivity contribution in [1.29, 1.82) is 0 Å². The molecule has 0 bridgehead atoms. The fourth-order valence-electron chi connectivity index (χ4n) is 0.840. The number of hydrogen-bond donors (Lipinski definition) is 2. The number of carboxylic acids is 1. The summed E-state index contributed by atoms with van der Waals surface area (Å²) < 4.78 is 0.617. The summed E-state index contributed by atoms with van der Waals surface area (Å²) in [5, 5.41) is 8.43. The molecule has 0 saturated carbocycles. The van der Waals surface area contributed by atoms with Gasteiger partial charge in [-0.3, -0.25) is 4.79 Å². The third-order valence-electron chi connectivity index (χ3n) is 1.45. The molecule has 1 aromatic rings. The van der Waals surface area contributed by atoms with E-state index in [9.17, 15) is 9.59 Å². The van der Waals surface area contributed by atoms with Gasteiger partial charge in [-0.1, -0.05) is 15.9 Å². The Balaban J connectivity index is 3.21. The number of nitrogen functional groups attached to an aromatic ring is 1. The zero-order valence-corrected chi connectivity index (χ0v) is 8.04. The summed E-state index contributed by atoms with van der Waals surface area (Å²) in [4.78, 5) is 21.4. The Hall–Kier alpha value is -1.36. The van der Waals surface area contributed by atoms with Crippen LogP contribution in [0.5, 0.6) is 0 Å². The molecule has 68 valence electrons. The quantitative estimate of drug-likeness (QED) is 0.466. The molecule has 1 aromatic carbocycles. The van der Waals surface area contributed by atoms with Crippen LogP contribution in [0.25, 0.3) is 0 Å². The maximum Gasteiger partial charge on any atom is 0.377 e. The highest BCUT2D eigenvalue weighted by Gasteiger charge is 2.17. The third kappa shape index (κ3) is 2.06. The summed E-state index contributed by atoms with van der Waals surface area (Å²) in [7, 11) is 0. The Bertz CT molecular complexity index is 376. The van der Waals surface area contributed by atoms with Gasteiger partial charge in [-0.2, -0.15) is 0 Å². The number of benzene rings is 1. The molecule has 4 nitrogen and oxygen atoms in total. The predicted molar refractivity (Wildman–Crippen MR) is 50.5 cm³/mol. The van der Waals surface area contributed by atoms with Gasteiger partial charge in [0.2, 0.25) is 0 Å². The van der Waals surface area contributed by atoms with Crippen LogP contribution in [0.1, 0.15) is 10.4 Å². The lowest BCUT2D eigenvalue weighted by molar-refractivity contribution is -0.131. The first kappa shape index (κ1) is 9.73. The molecule has 0 aliphatic carbocycles. The van der Waals surface area contributed by atoms with Crippen molar-refractivity contribution in [3.63, 3.8) is 0 Å². The second-order valence-electron chi connectivity index (χ2n) is 2.37. The highest BCUT2D eigenvalue weighted by atomic mass is 79.9. The molecule has 0 amide bonds. The lowest BCUT2D eigenvalue weighted by Crippen LogP contribution is -2.14. The highest BCUT2D eigenvalue weighted by molar-refractivity contribution is 9.10. The largest absolute Gasteiger partial charge is 0.475 e. The molecule has 0 unspecified atom stereocenters. The lowest BCUT2D eigenvalue weighted by Gasteiger charge is -2.01. The van der Waals surface area contributed by atoms with Crippen molar-refractivity contribution in [3.05, 3.63) is 28.2 Å². The van der Waals surface area contributed by atoms with Crippen LogP contribution < -0.4 is 5.73 Å². The minimum atomic E-state index is -1.51. The van der Waals surface area contributed by atoms with Crippen LogP contribution in [0.2, 0.25) is 0 Å². The van der Waals surface area contributed by atoms with E-state index in [1.165, 1.54) is 12.1 Å². The molecule has 0 spiro atoms. The summed E-state index contributed by atoms with van der Waals surface area (Å²) in [5.74, 6) is -2.51. The molecule has 0 heterocycles. The van der Waals surface area contributed by atoms with E-state index in [1.807, 2.05) is 0 Å². The third-order valence-corrected chi connectivity index (χ3v) is 1.95. The molecular weight excluding hydrogens is 238 g/mol. The van der Waals surface area contributed by atoms with Gasteiger partial charge < -0.3 is 10.8 Å². The number of anilines is 1. The molecule has 13 heavy (non-hydrogen) atoms. The van der Waals surface area contributed by atoms with Crippen LogP contribution >= 0.6 is 15.9 Å². The first-order chi connectivity index (χ1) is 6.02. The van der Waals surface area contributed by atoms with Gasteiger partial charge in [0, 0.05) is 10.2 Å². The van der Waals surface area contributed by atoms with Crippen molar-refractivity contribution in [2.24, 2.45) is 0 Å². The average Bonchev–Trinajstić information content (AvgIpc) is 2.08. The zero-order valence-electron chi connectivity index (χ0n) is 6.45. The number of aliphatic carboxylic acids is 1. The maximum atomic E-state index is 11.0. The Morgan fingerprint density at radius 1 is 1.38 bits per heavy atom. The number of carboxylic acid groups (broad SMARTS) is 1. The number of Topliss-reactive ketones (excluding diaryl/α,β-unsaturated/α-hetero) is 1. The van der Waals surface area contributed by atoms with Gasteiger partial charge in [-0.25, -0.2) is 4.79 Å². The SMILES string of the molecule is Nc1ccc(Br)cc1C(=O)C(=O)O. The molecular formula is C8H6BrNO3. The number of rotatable bonds is 2. The summed E-state index contributed by atoms with van der Waals surface area (Å²) in [6.45, 7) is 0. The summed E-state index contributed by atoms with van der Waals surface area (Å²) in [6, 6.07) is 4.49. The van der Waals surface area contributed by atoms with Crippen molar-refractivity contribution >= 4 is 33.4 Å². The Labute approximate surface area is 82.5 Å². The van der Waals surface area contributed by atoms with Crippen LogP contribution in [0.4, 0.5) is 5.69 Å². The van der Waals surface area contributed by atoms with Crippen LogP contribution in [-0.2, 0) is 4.79 Å². The van der Waals surface area contributed by atoms with Gasteiger partial charge in [0.1, 0.15) is 0 Å². The second-order valence-corrected chi connectivity index (χ2v) is 3.28. The minimum Gasteiger partial charge on any atom is -0.475 e. The standard InChI is InChI=1S/C8H6BrNO3/c9-4-1-2-6(10)5(3-4)7(11)8(12)13/h1-3H,10H2,(H,12,13). The molecule has 0 aliphatic rings. The Kier molecular flexibility index (Phi) is 2.67. The molecule has 0 aliphatic heterocycles. The normalized spacial score (nSPS) is 9.62. The van der Waals surface area contributed by atoms with Crippen molar-refractivity contribution < 1.29 is 14.7 Å². The lowest BCUT2D eigenvalue weighted by atomic mass is 10.1. The smallest absolute Gasteiger partial charge is 0.377 e. The highest BCUT2D eigenvalue weighted by Crippen LogP contribution is 2.18. The zero-order chi connectivity index (χ0) is 10.0. The molecule has 0 atom stereocenters. The van der Waals surface area contributed by atoms with Crippen molar-refractivity contribution in [2.75, 3.05) is 5.73 Å². The van der Waals surface area contributed by atoms with Gasteiger partial charge in [0.25, 0.3) is 5.78 Å². The number of carbonyl (C=O) groups excluding carboxylic acids is 1. The van der Waals surface area contributed by atoms with E-state index < -0.39 is 11.8 Å². The van der Waals surface area contributed by atoms with E-state index in [1.54, 1.807) is 6.07 Å². The van der Waals surface area contributed by atoms with Crippen molar-refractivity contribution in [2.45, 2.75) is 0 Å². The predicted octanol–water partition coefficient (Wildman–Crippen LogP) is 1.30. The van der Waals surface area contributed by atoms with E-state index in [0.29, 0.717) is 4.47 Å². The van der Waals surface area contributed by atoms with Gasteiger partial charge in [0.15, 0.2) is 0 Å². The summed E-state index contributed by atoms with van der Waals surface area (Å²) in [5.41, 5.74) is 5.59. The van der Waals surface area contributed by atoms with Crippen molar-refractivity contribution in [3.8, 4) is 0 Å². The molecule has 3 N–H and O–H groups in total. The molecule has 0 aromatic heterocycles. The topological polar surface area (TPSA) is 80.4 Å². The van der Waals surface area contributed by atoms with E-state index >= 15 is 0 Å². The number of hydrogen-bond acceptors (Lipinski definition) is 3.